The lowest BCUT2D eigenvalue weighted by atomic mass is 9.98. The molecule has 1 unspecified atom stereocenters. The van der Waals surface area contributed by atoms with Crippen LogP contribution in [0.25, 0.3) is 0 Å². The van der Waals surface area contributed by atoms with E-state index in [0.29, 0.717) is 5.92 Å². The first-order chi connectivity index (χ1) is 9.48. The van der Waals surface area contributed by atoms with Crippen molar-refractivity contribution in [3.63, 3.8) is 0 Å². The third kappa shape index (κ3) is 4.58. The lowest BCUT2D eigenvalue weighted by molar-refractivity contribution is 0.237. The number of hydrogen-bond acceptors (Lipinski definition) is 2. The summed E-state index contributed by atoms with van der Waals surface area (Å²) in [7, 11) is -1.80. The fourth-order valence-corrected chi connectivity index (χ4v) is 3.33. The van der Waals surface area contributed by atoms with Crippen LogP contribution in [0.15, 0.2) is 12.1 Å². The topological polar surface area (TPSA) is 29.5 Å². The fraction of sp³-hybridized carbons (Fsp3) is 0.667. The third-order valence-electron chi connectivity index (χ3n) is 4.58. The van der Waals surface area contributed by atoms with E-state index in [0.717, 1.165) is 12.2 Å². The lowest BCUT2D eigenvalue weighted by Gasteiger charge is -2.37. The van der Waals surface area contributed by atoms with Gasteiger partial charge in [-0.1, -0.05) is 39.8 Å². The van der Waals surface area contributed by atoms with Crippen molar-refractivity contribution in [2.24, 2.45) is 5.92 Å². The second-order valence-corrected chi connectivity index (χ2v) is 12.6. The van der Waals surface area contributed by atoms with Crippen LogP contribution in [0.3, 0.4) is 0 Å². The van der Waals surface area contributed by atoms with E-state index in [-0.39, 0.29) is 11.6 Å². The molecule has 1 aromatic rings. The number of hydrogen-bond donors (Lipinski definition) is 1. The quantitative estimate of drug-likeness (QED) is 0.787. The largest absolute Gasteiger partial charge is 0.543 e. The summed E-state index contributed by atoms with van der Waals surface area (Å²) in [5.41, 5.74) is 3.70. The monoisotopic (exact) mass is 308 g/mol. The molecular weight excluding hydrogens is 276 g/mol. The second-order valence-electron chi connectivity index (χ2n) is 7.91. The van der Waals surface area contributed by atoms with Crippen LogP contribution in [0.1, 0.15) is 44.4 Å². The maximum absolute atomic E-state index is 9.21. The minimum atomic E-state index is -1.80. The number of benzene rings is 1. The molecule has 0 fully saturated rings. The van der Waals surface area contributed by atoms with Crippen molar-refractivity contribution >= 4 is 8.32 Å². The summed E-state index contributed by atoms with van der Waals surface area (Å²) in [6.07, 6.45) is 0.915. The zero-order chi connectivity index (χ0) is 16.4. The van der Waals surface area contributed by atoms with Crippen LogP contribution in [0, 0.1) is 19.8 Å². The highest BCUT2D eigenvalue weighted by molar-refractivity contribution is 6.74. The van der Waals surface area contributed by atoms with Gasteiger partial charge in [-0.05, 0) is 61.0 Å². The molecule has 0 amide bonds. The Morgan fingerprint density at radius 1 is 1.14 bits per heavy atom. The molecular formula is C18H32O2Si. The fourth-order valence-electron chi connectivity index (χ4n) is 2.19. The number of aliphatic hydroxyl groups excluding tert-OH is 1. The molecule has 1 rings (SSSR count). The third-order valence-corrected chi connectivity index (χ3v) is 8.91. The summed E-state index contributed by atoms with van der Waals surface area (Å²) in [6, 6.07) is 4.42. The van der Waals surface area contributed by atoms with Crippen molar-refractivity contribution in [3.05, 3.63) is 28.8 Å². The lowest BCUT2D eigenvalue weighted by Crippen LogP contribution is -2.44. The number of aliphatic hydroxyl groups is 1. The van der Waals surface area contributed by atoms with Gasteiger partial charge >= 0.3 is 0 Å². The Balaban J connectivity index is 3.06. The van der Waals surface area contributed by atoms with Gasteiger partial charge < -0.3 is 9.53 Å². The molecule has 1 atom stereocenters. The Bertz CT molecular complexity index is 463. The standard InChI is InChI=1S/C18H32O2Si/c1-13(12-19)9-16-10-14(2)17(15(3)11-16)20-21(7,8)18(4,5)6/h10-11,13,19H,9,12H2,1-8H3. The Morgan fingerprint density at radius 3 is 2.00 bits per heavy atom. The highest BCUT2D eigenvalue weighted by Gasteiger charge is 2.39. The SMILES string of the molecule is Cc1cc(CC(C)CO)cc(C)c1O[Si](C)(C)C(C)(C)C. The molecule has 3 heteroatoms. The summed E-state index contributed by atoms with van der Waals surface area (Å²) in [6.45, 7) is 17.9. The molecule has 0 saturated heterocycles. The first-order valence-electron chi connectivity index (χ1n) is 7.88. The van der Waals surface area contributed by atoms with Gasteiger partial charge in [0.25, 0.3) is 8.32 Å². The summed E-state index contributed by atoms with van der Waals surface area (Å²) in [5, 5.41) is 9.42. The highest BCUT2D eigenvalue weighted by atomic mass is 28.4. The van der Waals surface area contributed by atoms with Gasteiger partial charge in [-0.2, -0.15) is 0 Å². The second kappa shape index (κ2) is 6.53. The first kappa shape index (κ1) is 18.2. The van der Waals surface area contributed by atoms with E-state index in [2.05, 4.69) is 66.8 Å². The molecule has 0 spiro atoms. The summed E-state index contributed by atoms with van der Waals surface area (Å²) >= 11 is 0. The maximum atomic E-state index is 9.21. The molecule has 0 radical (unpaired) electrons. The Kier molecular flexibility index (Phi) is 5.67. The molecule has 0 saturated carbocycles. The molecule has 21 heavy (non-hydrogen) atoms. The molecule has 1 aromatic carbocycles. The normalized spacial score (nSPS) is 14.1. The Labute approximate surface area is 131 Å². The minimum Gasteiger partial charge on any atom is -0.543 e. The predicted octanol–water partition coefficient (Wildman–Crippen LogP) is 4.86. The van der Waals surface area contributed by atoms with Crippen molar-refractivity contribution in [2.75, 3.05) is 6.61 Å². The Hall–Kier alpha value is -0.803. The van der Waals surface area contributed by atoms with Gasteiger partial charge in [0.2, 0.25) is 0 Å². The zero-order valence-corrected chi connectivity index (χ0v) is 16.0. The molecule has 0 bridgehead atoms. The van der Waals surface area contributed by atoms with Crippen molar-refractivity contribution in [3.8, 4) is 5.75 Å². The van der Waals surface area contributed by atoms with Crippen molar-refractivity contribution < 1.29 is 9.53 Å². The van der Waals surface area contributed by atoms with Crippen LogP contribution in [-0.2, 0) is 6.42 Å². The van der Waals surface area contributed by atoms with Gasteiger partial charge in [0.15, 0.2) is 0 Å². The van der Waals surface area contributed by atoms with Crippen molar-refractivity contribution in [1.82, 2.24) is 0 Å². The van der Waals surface area contributed by atoms with Gasteiger partial charge in [0.1, 0.15) is 5.75 Å². The van der Waals surface area contributed by atoms with E-state index in [1.165, 1.54) is 16.7 Å². The van der Waals surface area contributed by atoms with Gasteiger partial charge in [-0.15, -0.1) is 0 Å². The molecule has 0 aromatic heterocycles. The molecule has 0 aliphatic rings. The van der Waals surface area contributed by atoms with Crippen LogP contribution in [0.2, 0.25) is 18.1 Å². The molecule has 0 heterocycles. The van der Waals surface area contributed by atoms with Crippen LogP contribution in [0.5, 0.6) is 5.75 Å². The average molecular weight is 309 g/mol. The maximum Gasteiger partial charge on any atom is 0.250 e. The minimum absolute atomic E-state index is 0.204. The van der Waals surface area contributed by atoms with Gasteiger partial charge in [0.05, 0.1) is 0 Å². The van der Waals surface area contributed by atoms with E-state index in [1.54, 1.807) is 0 Å². The highest BCUT2D eigenvalue weighted by Crippen LogP contribution is 2.39. The van der Waals surface area contributed by atoms with Crippen molar-refractivity contribution in [2.45, 2.75) is 66.1 Å². The summed E-state index contributed by atoms with van der Waals surface area (Å²) in [5.74, 6) is 1.36. The summed E-state index contributed by atoms with van der Waals surface area (Å²) < 4.78 is 6.50. The summed E-state index contributed by atoms with van der Waals surface area (Å²) in [4.78, 5) is 0. The van der Waals surface area contributed by atoms with Gasteiger partial charge in [0, 0.05) is 6.61 Å². The predicted molar refractivity (Wildman–Crippen MR) is 93.7 cm³/mol. The van der Waals surface area contributed by atoms with Crippen molar-refractivity contribution in [1.29, 1.82) is 0 Å². The Morgan fingerprint density at radius 2 is 1.62 bits per heavy atom. The number of aryl methyl sites for hydroxylation is 2. The molecule has 0 aliphatic carbocycles. The van der Waals surface area contributed by atoms with E-state index in [4.69, 9.17) is 4.43 Å². The van der Waals surface area contributed by atoms with Gasteiger partial charge in [-0.3, -0.25) is 0 Å². The molecule has 1 N–H and O–H groups in total. The zero-order valence-electron chi connectivity index (χ0n) is 15.0. The van der Waals surface area contributed by atoms with Crippen LogP contribution >= 0.6 is 0 Å². The molecule has 0 aliphatic heterocycles. The van der Waals surface area contributed by atoms with E-state index in [9.17, 15) is 5.11 Å². The number of rotatable bonds is 5. The smallest absolute Gasteiger partial charge is 0.250 e. The van der Waals surface area contributed by atoms with Crippen LogP contribution in [0.4, 0.5) is 0 Å². The van der Waals surface area contributed by atoms with Crippen LogP contribution < -0.4 is 4.43 Å². The molecule has 120 valence electrons. The van der Waals surface area contributed by atoms with Gasteiger partial charge in [-0.25, -0.2) is 0 Å². The first-order valence-corrected chi connectivity index (χ1v) is 10.8. The van der Waals surface area contributed by atoms with E-state index in [1.807, 2.05) is 0 Å². The average Bonchev–Trinajstić information content (AvgIpc) is 2.32. The molecule has 2 nitrogen and oxygen atoms in total. The van der Waals surface area contributed by atoms with E-state index >= 15 is 0 Å². The van der Waals surface area contributed by atoms with Crippen LogP contribution in [-0.4, -0.2) is 20.0 Å². The van der Waals surface area contributed by atoms with E-state index < -0.39 is 8.32 Å².